The van der Waals surface area contributed by atoms with E-state index in [1.54, 1.807) is 30.3 Å². The van der Waals surface area contributed by atoms with Crippen LogP contribution in [0.2, 0.25) is 0 Å². The van der Waals surface area contributed by atoms with Gasteiger partial charge in [0, 0.05) is 10.2 Å². The maximum atomic E-state index is 12.2. The van der Waals surface area contributed by atoms with Crippen molar-refractivity contribution in [3.63, 3.8) is 0 Å². The average Bonchev–Trinajstić information content (AvgIpc) is 2.59. The highest BCUT2D eigenvalue weighted by atomic mass is 79.9. The van der Waals surface area contributed by atoms with Gasteiger partial charge in [0.25, 0.3) is 5.91 Å². The standard InChI is InChI=1S/C18H18BrNO5S/c1-13-5-7-16(8-6-13)26(23,24)10-9-18(22)25-12-17(21)20-15-4-2-3-14(19)11-15/h2-8,11H,9-10,12H2,1H3,(H,20,21). The topological polar surface area (TPSA) is 89.5 Å². The maximum Gasteiger partial charge on any atom is 0.307 e. The first-order valence-corrected chi connectivity index (χ1v) is 10.2. The van der Waals surface area contributed by atoms with Crippen molar-refractivity contribution in [2.75, 3.05) is 17.7 Å². The third-order valence-corrected chi connectivity index (χ3v) is 5.65. The Morgan fingerprint density at radius 3 is 2.46 bits per heavy atom. The van der Waals surface area contributed by atoms with Gasteiger partial charge in [-0.2, -0.15) is 0 Å². The molecule has 1 amide bonds. The second-order valence-electron chi connectivity index (χ2n) is 5.60. The van der Waals surface area contributed by atoms with E-state index in [2.05, 4.69) is 21.2 Å². The molecule has 0 aliphatic rings. The fourth-order valence-electron chi connectivity index (χ4n) is 2.06. The number of esters is 1. The Bertz CT molecular complexity index is 894. The van der Waals surface area contributed by atoms with Gasteiger partial charge < -0.3 is 10.1 Å². The molecule has 2 aromatic rings. The molecule has 0 atom stereocenters. The normalized spacial score (nSPS) is 11.0. The molecule has 0 radical (unpaired) electrons. The Morgan fingerprint density at radius 1 is 1.12 bits per heavy atom. The zero-order valence-electron chi connectivity index (χ0n) is 14.1. The van der Waals surface area contributed by atoms with Crippen LogP contribution in [-0.2, 0) is 24.2 Å². The molecule has 0 spiro atoms. The maximum absolute atomic E-state index is 12.2. The Balaban J connectivity index is 1.79. The molecule has 0 saturated carbocycles. The lowest BCUT2D eigenvalue weighted by molar-refractivity contribution is -0.146. The fourth-order valence-corrected chi connectivity index (χ4v) is 3.68. The van der Waals surface area contributed by atoms with Crippen LogP contribution in [0, 0.1) is 6.92 Å². The predicted octanol–water partition coefficient (Wildman–Crippen LogP) is 3.10. The van der Waals surface area contributed by atoms with E-state index in [1.165, 1.54) is 12.1 Å². The van der Waals surface area contributed by atoms with Crippen LogP contribution in [0.5, 0.6) is 0 Å². The number of hydrogen-bond acceptors (Lipinski definition) is 5. The summed E-state index contributed by atoms with van der Waals surface area (Å²) in [6.07, 6.45) is -0.319. The van der Waals surface area contributed by atoms with Crippen LogP contribution in [0.1, 0.15) is 12.0 Å². The highest BCUT2D eigenvalue weighted by molar-refractivity contribution is 9.10. The summed E-state index contributed by atoms with van der Waals surface area (Å²) in [7, 11) is -3.57. The van der Waals surface area contributed by atoms with Crippen molar-refractivity contribution in [1.82, 2.24) is 0 Å². The summed E-state index contributed by atoms with van der Waals surface area (Å²) in [6, 6.07) is 13.3. The summed E-state index contributed by atoms with van der Waals surface area (Å²) in [6.45, 7) is 1.38. The number of ether oxygens (including phenoxy) is 1. The molecule has 1 N–H and O–H groups in total. The Labute approximate surface area is 160 Å². The molecule has 0 unspecified atom stereocenters. The molecule has 8 heteroatoms. The molecule has 0 aromatic heterocycles. The van der Waals surface area contributed by atoms with Crippen LogP contribution in [0.3, 0.4) is 0 Å². The lowest BCUT2D eigenvalue weighted by Crippen LogP contribution is -2.22. The van der Waals surface area contributed by atoms with Crippen molar-refractivity contribution < 1.29 is 22.7 Å². The molecule has 138 valence electrons. The zero-order valence-corrected chi connectivity index (χ0v) is 16.5. The van der Waals surface area contributed by atoms with Crippen LogP contribution in [0.25, 0.3) is 0 Å². The van der Waals surface area contributed by atoms with Gasteiger partial charge in [-0.25, -0.2) is 8.42 Å². The minimum atomic E-state index is -3.57. The van der Waals surface area contributed by atoms with Crippen molar-refractivity contribution in [3.8, 4) is 0 Å². The first kappa shape index (κ1) is 20.1. The van der Waals surface area contributed by atoms with E-state index < -0.39 is 28.3 Å². The van der Waals surface area contributed by atoms with Gasteiger partial charge in [-0.05, 0) is 37.3 Å². The molecule has 2 rings (SSSR count). The minimum absolute atomic E-state index is 0.156. The molecule has 0 aliphatic carbocycles. The Kier molecular flexibility index (Phi) is 6.93. The molecule has 0 heterocycles. The lowest BCUT2D eigenvalue weighted by atomic mass is 10.2. The molecule has 2 aromatic carbocycles. The second-order valence-corrected chi connectivity index (χ2v) is 8.63. The first-order valence-electron chi connectivity index (χ1n) is 7.77. The number of carbonyl (C=O) groups excluding carboxylic acids is 2. The number of amides is 1. The minimum Gasteiger partial charge on any atom is -0.456 e. The smallest absolute Gasteiger partial charge is 0.307 e. The average molecular weight is 440 g/mol. The van der Waals surface area contributed by atoms with Crippen LogP contribution >= 0.6 is 15.9 Å². The molecule has 0 bridgehead atoms. The van der Waals surface area contributed by atoms with E-state index in [4.69, 9.17) is 4.74 Å². The Morgan fingerprint density at radius 2 is 1.81 bits per heavy atom. The zero-order chi connectivity index (χ0) is 19.2. The van der Waals surface area contributed by atoms with Crippen molar-refractivity contribution in [1.29, 1.82) is 0 Å². The number of benzene rings is 2. The van der Waals surface area contributed by atoms with Crippen LogP contribution in [0.15, 0.2) is 57.9 Å². The van der Waals surface area contributed by atoms with Gasteiger partial charge in [-0.1, -0.05) is 39.7 Å². The summed E-state index contributed by atoms with van der Waals surface area (Å²) >= 11 is 3.28. The molecule has 0 aliphatic heterocycles. The van der Waals surface area contributed by atoms with Gasteiger partial charge >= 0.3 is 5.97 Å². The van der Waals surface area contributed by atoms with E-state index in [1.807, 2.05) is 13.0 Å². The second kappa shape index (κ2) is 8.95. The largest absolute Gasteiger partial charge is 0.456 e. The number of carbonyl (C=O) groups is 2. The number of nitrogens with one attached hydrogen (secondary N) is 1. The van der Waals surface area contributed by atoms with Crippen LogP contribution < -0.4 is 5.32 Å². The number of anilines is 1. The number of hydrogen-bond donors (Lipinski definition) is 1. The Hall–Kier alpha value is -2.19. The summed E-state index contributed by atoms with van der Waals surface area (Å²) < 4.78 is 30.0. The first-order chi connectivity index (χ1) is 12.3. The molecular formula is C18H18BrNO5S. The van der Waals surface area contributed by atoms with E-state index in [0.29, 0.717) is 5.69 Å². The lowest BCUT2D eigenvalue weighted by Gasteiger charge is -2.07. The summed E-state index contributed by atoms with van der Waals surface area (Å²) in [5.41, 5.74) is 1.50. The monoisotopic (exact) mass is 439 g/mol. The van der Waals surface area contributed by atoms with Crippen molar-refractivity contribution in [3.05, 3.63) is 58.6 Å². The van der Waals surface area contributed by atoms with Crippen molar-refractivity contribution >= 4 is 43.3 Å². The summed E-state index contributed by atoms with van der Waals surface area (Å²) in [5, 5.41) is 2.58. The third kappa shape index (κ3) is 6.27. The number of sulfone groups is 1. The van der Waals surface area contributed by atoms with Gasteiger partial charge in [0.1, 0.15) is 0 Å². The molecule has 6 nitrogen and oxygen atoms in total. The molecular weight excluding hydrogens is 422 g/mol. The fraction of sp³-hybridized carbons (Fsp3) is 0.222. The SMILES string of the molecule is Cc1ccc(S(=O)(=O)CCC(=O)OCC(=O)Nc2cccc(Br)c2)cc1. The predicted molar refractivity (Wildman–Crippen MR) is 102 cm³/mol. The molecule has 0 fully saturated rings. The van der Waals surface area contributed by atoms with E-state index in [0.717, 1.165) is 10.0 Å². The number of aryl methyl sites for hydroxylation is 1. The highest BCUT2D eigenvalue weighted by Crippen LogP contribution is 2.16. The molecule has 26 heavy (non-hydrogen) atoms. The summed E-state index contributed by atoms with van der Waals surface area (Å²) in [5.74, 6) is -1.62. The van der Waals surface area contributed by atoms with Gasteiger partial charge in [0.05, 0.1) is 17.1 Å². The number of rotatable bonds is 7. The van der Waals surface area contributed by atoms with E-state index in [9.17, 15) is 18.0 Å². The van der Waals surface area contributed by atoms with E-state index in [-0.39, 0.29) is 17.1 Å². The van der Waals surface area contributed by atoms with E-state index >= 15 is 0 Å². The molecule has 0 saturated heterocycles. The highest BCUT2D eigenvalue weighted by Gasteiger charge is 2.17. The van der Waals surface area contributed by atoms with Crippen molar-refractivity contribution in [2.45, 2.75) is 18.2 Å². The van der Waals surface area contributed by atoms with Crippen LogP contribution in [0.4, 0.5) is 5.69 Å². The quantitative estimate of drug-likeness (QED) is 0.669. The summed E-state index contributed by atoms with van der Waals surface area (Å²) in [4.78, 5) is 23.6. The van der Waals surface area contributed by atoms with Gasteiger partial charge in [-0.15, -0.1) is 0 Å². The van der Waals surface area contributed by atoms with Gasteiger partial charge in [0.15, 0.2) is 16.4 Å². The van der Waals surface area contributed by atoms with Crippen LogP contribution in [-0.4, -0.2) is 32.7 Å². The van der Waals surface area contributed by atoms with Gasteiger partial charge in [0.2, 0.25) is 0 Å². The van der Waals surface area contributed by atoms with Gasteiger partial charge in [-0.3, -0.25) is 9.59 Å². The number of halogens is 1. The van der Waals surface area contributed by atoms with Crippen molar-refractivity contribution in [2.24, 2.45) is 0 Å². The third-order valence-electron chi connectivity index (χ3n) is 3.43.